The quantitative estimate of drug-likeness (QED) is 0.698. The van der Waals surface area contributed by atoms with Gasteiger partial charge in [-0.15, -0.1) is 0 Å². The Morgan fingerprint density at radius 2 is 1.79 bits per heavy atom. The standard InChI is InChI=1S/C10H23N3O/c1-8(2)11-10(14)12-9(3)6-7-13(4)5/h8-9H,6-7H2,1-5H3,(H2,11,12,14). The Labute approximate surface area is 87.0 Å². The van der Waals surface area contributed by atoms with Crippen molar-refractivity contribution in [3.8, 4) is 0 Å². The summed E-state index contributed by atoms with van der Waals surface area (Å²) in [7, 11) is 4.06. The molecule has 4 heteroatoms. The Morgan fingerprint density at radius 1 is 1.21 bits per heavy atom. The third kappa shape index (κ3) is 7.86. The van der Waals surface area contributed by atoms with Crippen LogP contribution in [-0.2, 0) is 0 Å². The first kappa shape index (κ1) is 13.2. The lowest BCUT2D eigenvalue weighted by Gasteiger charge is -2.18. The molecule has 0 rings (SSSR count). The van der Waals surface area contributed by atoms with Crippen molar-refractivity contribution >= 4 is 6.03 Å². The first-order chi connectivity index (χ1) is 6.41. The number of hydrogen-bond acceptors (Lipinski definition) is 2. The molecule has 0 radical (unpaired) electrons. The summed E-state index contributed by atoms with van der Waals surface area (Å²) in [5.41, 5.74) is 0. The van der Waals surface area contributed by atoms with Crippen molar-refractivity contribution in [2.45, 2.75) is 39.3 Å². The van der Waals surface area contributed by atoms with E-state index in [0.717, 1.165) is 13.0 Å². The number of carbonyl (C=O) groups is 1. The van der Waals surface area contributed by atoms with E-state index >= 15 is 0 Å². The summed E-state index contributed by atoms with van der Waals surface area (Å²) in [4.78, 5) is 13.4. The number of rotatable bonds is 5. The van der Waals surface area contributed by atoms with Crippen molar-refractivity contribution in [1.29, 1.82) is 0 Å². The molecule has 0 spiro atoms. The van der Waals surface area contributed by atoms with Crippen molar-refractivity contribution in [3.63, 3.8) is 0 Å². The van der Waals surface area contributed by atoms with Crippen LogP contribution in [0.3, 0.4) is 0 Å². The van der Waals surface area contributed by atoms with Gasteiger partial charge in [0.1, 0.15) is 0 Å². The monoisotopic (exact) mass is 201 g/mol. The topological polar surface area (TPSA) is 44.4 Å². The van der Waals surface area contributed by atoms with E-state index in [4.69, 9.17) is 0 Å². The Balaban J connectivity index is 3.60. The van der Waals surface area contributed by atoms with Gasteiger partial charge >= 0.3 is 6.03 Å². The molecule has 0 bridgehead atoms. The molecule has 1 atom stereocenters. The number of nitrogens with one attached hydrogen (secondary N) is 2. The van der Waals surface area contributed by atoms with Crippen LogP contribution in [0.4, 0.5) is 4.79 Å². The van der Waals surface area contributed by atoms with Crippen LogP contribution in [0.1, 0.15) is 27.2 Å². The lowest BCUT2D eigenvalue weighted by atomic mass is 10.2. The minimum Gasteiger partial charge on any atom is -0.336 e. The van der Waals surface area contributed by atoms with E-state index in [9.17, 15) is 4.79 Å². The van der Waals surface area contributed by atoms with Crippen molar-refractivity contribution in [3.05, 3.63) is 0 Å². The summed E-state index contributed by atoms with van der Waals surface area (Å²) >= 11 is 0. The van der Waals surface area contributed by atoms with Crippen LogP contribution in [0.2, 0.25) is 0 Å². The molecule has 84 valence electrons. The highest BCUT2D eigenvalue weighted by molar-refractivity contribution is 5.74. The fraction of sp³-hybridized carbons (Fsp3) is 0.900. The van der Waals surface area contributed by atoms with Gasteiger partial charge in [-0.3, -0.25) is 0 Å². The molecule has 0 saturated heterocycles. The zero-order valence-corrected chi connectivity index (χ0v) is 9.92. The predicted octanol–water partition coefficient (Wildman–Crippen LogP) is 1.03. The summed E-state index contributed by atoms with van der Waals surface area (Å²) in [5.74, 6) is 0. The zero-order chi connectivity index (χ0) is 11.1. The molecule has 4 nitrogen and oxygen atoms in total. The third-order valence-corrected chi connectivity index (χ3v) is 1.81. The maximum atomic E-state index is 11.3. The lowest BCUT2D eigenvalue weighted by molar-refractivity contribution is 0.233. The number of hydrogen-bond donors (Lipinski definition) is 2. The molecule has 0 aromatic carbocycles. The molecule has 0 aromatic heterocycles. The largest absolute Gasteiger partial charge is 0.336 e. The summed E-state index contributed by atoms with van der Waals surface area (Å²) in [6.45, 7) is 6.90. The van der Waals surface area contributed by atoms with E-state index in [-0.39, 0.29) is 18.1 Å². The van der Waals surface area contributed by atoms with E-state index in [1.165, 1.54) is 0 Å². The van der Waals surface area contributed by atoms with Gasteiger partial charge in [-0.05, 0) is 47.8 Å². The average molecular weight is 201 g/mol. The van der Waals surface area contributed by atoms with Crippen LogP contribution in [0.15, 0.2) is 0 Å². The first-order valence-corrected chi connectivity index (χ1v) is 5.13. The minimum absolute atomic E-state index is 0.0775. The Kier molecular flexibility index (Phi) is 6.28. The molecule has 0 aliphatic heterocycles. The molecule has 0 aliphatic carbocycles. The van der Waals surface area contributed by atoms with E-state index in [0.29, 0.717) is 0 Å². The maximum absolute atomic E-state index is 11.3. The van der Waals surface area contributed by atoms with Gasteiger partial charge in [0.15, 0.2) is 0 Å². The van der Waals surface area contributed by atoms with Crippen LogP contribution in [0.25, 0.3) is 0 Å². The fourth-order valence-electron chi connectivity index (χ4n) is 1.05. The van der Waals surface area contributed by atoms with E-state index in [2.05, 4.69) is 15.5 Å². The van der Waals surface area contributed by atoms with Crippen LogP contribution in [0, 0.1) is 0 Å². The number of urea groups is 1. The van der Waals surface area contributed by atoms with Gasteiger partial charge < -0.3 is 15.5 Å². The predicted molar refractivity (Wildman–Crippen MR) is 59.4 cm³/mol. The van der Waals surface area contributed by atoms with Gasteiger partial charge in [0, 0.05) is 12.1 Å². The minimum atomic E-state index is -0.0775. The van der Waals surface area contributed by atoms with Crippen LogP contribution in [-0.4, -0.2) is 43.7 Å². The molecule has 0 saturated carbocycles. The van der Waals surface area contributed by atoms with Gasteiger partial charge in [0.05, 0.1) is 0 Å². The Hall–Kier alpha value is -0.770. The van der Waals surface area contributed by atoms with Crippen LogP contribution < -0.4 is 10.6 Å². The molecule has 2 N–H and O–H groups in total. The molecule has 1 unspecified atom stereocenters. The summed E-state index contributed by atoms with van der Waals surface area (Å²) < 4.78 is 0. The second-order valence-electron chi connectivity index (χ2n) is 4.27. The lowest BCUT2D eigenvalue weighted by Crippen LogP contribution is -2.44. The highest BCUT2D eigenvalue weighted by atomic mass is 16.2. The molecular formula is C10H23N3O. The van der Waals surface area contributed by atoms with Gasteiger partial charge in [-0.25, -0.2) is 4.79 Å². The highest BCUT2D eigenvalue weighted by Crippen LogP contribution is 1.92. The maximum Gasteiger partial charge on any atom is 0.315 e. The molecule has 14 heavy (non-hydrogen) atoms. The van der Waals surface area contributed by atoms with Crippen LogP contribution in [0.5, 0.6) is 0 Å². The van der Waals surface area contributed by atoms with Crippen molar-refractivity contribution in [2.75, 3.05) is 20.6 Å². The molecule has 0 aromatic rings. The van der Waals surface area contributed by atoms with Crippen molar-refractivity contribution < 1.29 is 4.79 Å². The van der Waals surface area contributed by atoms with Gasteiger partial charge in [0.25, 0.3) is 0 Å². The van der Waals surface area contributed by atoms with Gasteiger partial charge in [-0.2, -0.15) is 0 Å². The Morgan fingerprint density at radius 3 is 2.21 bits per heavy atom. The molecular weight excluding hydrogens is 178 g/mol. The van der Waals surface area contributed by atoms with Crippen molar-refractivity contribution in [2.24, 2.45) is 0 Å². The Bertz CT molecular complexity index is 169. The summed E-state index contributed by atoms with van der Waals surface area (Å²) in [6, 6.07) is 0.332. The summed E-state index contributed by atoms with van der Waals surface area (Å²) in [5, 5.41) is 5.69. The molecule has 0 aliphatic rings. The zero-order valence-electron chi connectivity index (χ0n) is 9.92. The second kappa shape index (κ2) is 6.65. The number of carbonyl (C=O) groups excluding carboxylic acids is 1. The van der Waals surface area contributed by atoms with Crippen LogP contribution >= 0.6 is 0 Å². The van der Waals surface area contributed by atoms with E-state index in [1.54, 1.807) is 0 Å². The fourth-order valence-corrected chi connectivity index (χ4v) is 1.05. The van der Waals surface area contributed by atoms with E-state index < -0.39 is 0 Å². The normalized spacial score (nSPS) is 13.1. The first-order valence-electron chi connectivity index (χ1n) is 5.13. The third-order valence-electron chi connectivity index (χ3n) is 1.81. The van der Waals surface area contributed by atoms with Gasteiger partial charge in [-0.1, -0.05) is 0 Å². The van der Waals surface area contributed by atoms with Crippen molar-refractivity contribution in [1.82, 2.24) is 15.5 Å². The SMILES string of the molecule is CC(C)NC(=O)NC(C)CCN(C)C. The number of nitrogens with zero attached hydrogens (tertiary/aromatic N) is 1. The van der Waals surface area contributed by atoms with E-state index in [1.807, 2.05) is 34.9 Å². The molecule has 2 amide bonds. The highest BCUT2D eigenvalue weighted by Gasteiger charge is 2.07. The summed E-state index contributed by atoms with van der Waals surface area (Å²) in [6.07, 6.45) is 0.971. The molecule has 0 heterocycles. The van der Waals surface area contributed by atoms with Gasteiger partial charge in [0.2, 0.25) is 0 Å². The molecule has 0 fully saturated rings. The second-order valence-corrected chi connectivity index (χ2v) is 4.27. The smallest absolute Gasteiger partial charge is 0.315 e. The average Bonchev–Trinajstić information content (AvgIpc) is 1.98. The number of amides is 2.